The minimum Gasteiger partial charge on any atom is -0.396 e. The molecule has 0 aliphatic heterocycles. The lowest BCUT2D eigenvalue weighted by Crippen LogP contribution is -2.19. The highest BCUT2D eigenvalue weighted by molar-refractivity contribution is 5.66. The average molecular weight is 228 g/mol. The molecular formula is C13H16N4. The molecule has 2 aromatic heterocycles. The molecule has 4 nitrogen and oxygen atoms in total. The van der Waals surface area contributed by atoms with Gasteiger partial charge in [-0.1, -0.05) is 0 Å². The summed E-state index contributed by atoms with van der Waals surface area (Å²) < 4.78 is 0. The van der Waals surface area contributed by atoms with Crippen LogP contribution in [0.1, 0.15) is 11.1 Å². The van der Waals surface area contributed by atoms with Gasteiger partial charge in [-0.05, 0) is 36.2 Å². The van der Waals surface area contributed by atoms with Gasteiger partial charge in [0.1, 0.15) is 0 Å². The van der Waals surface area contributed by atoms with Crippen LogP contribution in [0, 0.1) is 6.92 Å². The van der Waals surface area contributed by atoms with Crippen molar-refractivity contribution in [1.29, 1.82) is 0 Å². The van der Waals surface area contributed by atoms with Crippen LogP contribution in [0.3, 0.4) is 0 Å². The second-order valence-corrected chi connectivity index (χ2v) is 4.08. The Morgan fingerprint density at radius 3 is 2.59 bits per heavy atom. The van der Waals surface area contributed by atoms with E-state index >= 15 is 0 Å². The molecule has 0 aliphatic rings. The first-order valence-corrected chi connectivity index (χ1v) is 5.49. The lowest BCUT2D eigenvalue weighted by Gasteiger charge is -2.20. The molecule has 88 valence electrons. The highest BCUT2D eigenvalue weighted by Gasteiger charge is 2.08. The lowest BCUT2D eigenvalue weighted by atomic mass is 10.2. The van der Waals surface area contributed by atoms with Crippen molar-refractivity contribution >= 4 is 11.5 Å². The predicted molar refractivity (Wildman–Crippen MR) is 69.7 cm³/mol. The fraction of sp³-hybridized carbons (Fsp3) is 0.231. The molecule has 0 bridgehead atoms. The zero-order chi connectivity index (χ0) is 12.3. The number of nitrogen functional groups attached to an aromatic ring is 1. The molecule has 0 saturated heterocycles. The Balaban J connectivity index is 2.20. The standard InChI is InChI=1S/C13H16N4/c1-10-3-8-16-13(12(10)14)17(2)9-11-4-6-15-7-5-11/h3-8H,9,14H2,1-2H3. The van der Waals surface area contributed by atoms with Crippen molar-refractivity contribution in [3.8, 4) is 0 Å². The number of anilines is 2. The predicted octanol–water partition coefficient (Wildman–Crippen LogP) is 2.00. The van der Waals surface area contributed by atoms with Crippen molar-refractivity contribution in [2.75, 3.05) is 17.7 Å². The molecule has 2 aromatic rings. The molecule has 0 amide bonds. The van der Waals surface area contributed by atoms with E-state index < -0.39 is 0 Å². The van der Waals surface area contributed by atoms with Crippen LogP contribution in [0.2, 0.25) is 0 Å². The average Bonchev–Trinajstić information content (AvgIpc) is 2.34. The Hall–Kier alpha value is -2.10. The van der Waals surface area contributed by atoms with Gasteiger partial charge in [0.2, 0.25) is 0 Å². The molecule has 4 heteroatoms. The first kappa shape index (κ1) is 11.4. The molecule has 17 heavy (non-hydrogen) atoms. The molecule has 0 radical (unpaired) electrons. The number of pyridine rings is 2. The summed E-state index contributed by atoms with van der Waals surface area (Å²) >= 11 is 0. The van der Waals surface area contributed by atoms with Crippen molar-refractivity contribution in [3.63, 3.8) is 0 Å². The number of rotatable bonds is 3. The third kappa shape index (κ3) is 2.53. The van der Waals surface area contributed by atoms with Gasteiger partial charge in [-0.25, -0.2) is 4.98 Å². The van der Waals surface area contributed by atoms with Crippen LogP contribution in [-0.4, -0.2) is 17.0 Å². The van der Waals surface area contributed by atoms with Crippen LogP contribution in [0.15, 0.2) is 36.8 Å². The smallest absolute Gasteiger partial charge is 0.152 e. The van der Waals surface area contributed by atoms with Crippen LogP contribution in [0.25, 0.3) is 0 Å². The Bertz CT molecular complexity index is 496. The Morgan fingerprint density at radius 2 is 1.88 bits per heavy atom. The molecule has 0 spiro atoms. The normalized spacial score (nSPS) is 10.2. The Kier molecular flexibility index (Phi) is 3.23. The third-order valence-corrected chi connectivity index (χ3v) is 2.72. The first-order valence-electron chi connectivity index (χ1n) is 5.49. The minimum absolute atomic E-state index is 0.740. The molecule has 0 atom stereocenters. The van der Waals surface area contributed by atoms with E-state index in [2.05, 4.69) is 9.97 Å². The fourth-order valence-electron chi connectivity index (χ4n) is 1.70. The van der Waals surface area contributed by atoms with Crippen LogP contribution in [-0.2, 0) is 6.54 Å². The topological polar surface area (TPSA) is 55.0 Å². The summed E-state index contributed by atoms with van der Waals surface area (Å²) in [5.74, 6) is 0.821. The summed E-state index contributed by atoms with van der Waals surface area (Å²) in [6.07, 6.45) is 5.36. The van der Waals surface area contributed by atoms with E-state index in [0.717, 1.165) is 23.6 Å². The molecule has 2 rings (SSSR count). The molecule has 0 saturated carbocycles. The van der Waals surface area contributed by atoms with Crippen molar-refractivity contribution < 1.29 is 0 Å². The maximum Gasteiger partial charge on any atom is 0.152 e. The molecule has 0 unspecified atom stereocenters. The Morgan fingerprint density at radius 1 is 1.18 bits per heavy atom. The summed E-state index contributed by atoms with van der Waals surface area (Å²) in [4.78, 5) is 10.4. The van der Waals surface area contributed by atoms with Crippen LogP contribution in [0.5, 0.6) is 0 Å². The van der Waals surface area contributed by atoms with Crippen molar-refractivity contribution in [3.05, 3.63) is 47.9 Å². The second-order valence-electron chi connectivity index (χ2n) is 4.08. The molecule has 0 aromatic carbocycles. The van der Waals surface area contributed by atoms with Gasteiger partial charge in [-0.2, -0.15) is 0 Å². The third-order valence-electron chi connectivity index (χ3n) is 2.72. The van der Waals surface area contributed by atoms with Gasteiger partial charge in [0.15, 0.2) is 5.82 Å². The van der Waals surface area contributed by atoms with Crippen molar-refractivity contribution in [1.82, 2.24) is 9.97 Å². The lowest BCUT2D eigenvalue weighted by molar-refractivity contribution is 0.896. The van der Waals surface area contributed by atoms with Crippen LogP contribution >= 0.6 is 0 Å². The zero-order valence-electron chi connectivity index (χ0n) is 10.1. The number of aryl methyl sites for hydroxylation is 1. The summed E-state index contributed by atoms with van der Waals surface area (Å²) in [7, 11) is 1.98. The monoisotopic (exact) mass is 228 g/mol. The van der Waals surface area contributed by atoms with E-state index in [0.29, 0.717) is 0 Å². The quantitative estimate of drug-likeness (QED) is 0.873. The minimum atomic E-state index is 0.740. The maximum absolute atomic E-state index is 6.02. The highest BCUT2D eigenvalue weighted by Crippen LogP contribution is 2.23. The largest absolute Gasteiger partial charge is 0.396 e. The van der Waals surface area contributed by atoms with E-state index in [1.807, 2.05) is 37.1 Å². The molecule has 2 heterocycles. The second kappa shape index (κ2) is 4.82. The molecule has 2 N–H and O–H groups in total. The Labute approximate surface area is 101 Å². The van der Waals surface area contributed by atoms with Crippen LogP contribution in [0.4, 0.5) is 11.5 Å². The summed E-state index contributed by atoms with van der Waals surface area (Å²) in [6.45, 7) is 2.75. The first-order chi connectivity index (χ1) is 8.18. The molecule has 0 aliphatic carbocycles. The van der Waals surface area contributed by atoms with E-state index in [-0.39, 0.29) is 0 Å². The van der Waals surface area contributed by atoms with Gasteiger partial charge in [0, 0.05) is 32.2 Å². The summed E-state index contributed by atoms with van der Waals surface area (Å²) in [5.41, 5.74) is 9.00. The highest BCUT2D eigenvalue weighted by atomic mass is 15.2. The van der Waals surface area contributed by atoms with Crippen molar-refractivity contribution in [2.24, 2.45) is 0 Å². The van der Waals surface area contributed by atoms with Gasteiger partial charge in [0.25, 0.3) is 0 Å². The number of nitrogens with zero attached hydrogens (tertiary/aromatic N) is 3. The summed E-state index contributed by atoms with van der Waals surface area (Å²) in [5, 5.41) is 0. The number of hydrogen-bond donors (Lipinski definition) is 1. The number of nitrogens with two attached hydrogens (primary N) is 1. The maximum atomic E-state index is 6.02. The molecular weight excluding hydrogens is 212 g/mol. The summed E-state index contributed by atoms with van der Waals surface area (Å²) in [6, 6.07) is 5.89. The van der Waals surface area contributed by atoms with E-state index in [4.69, 9.17) is 5.73 Å². The van der Waals surface area contributed by atoms with Gasteiger partial charge in [-0.15, -0.1) is 0 Å². The van der Waals surface area contributed by atoms with E-state index in [9.17, 15) is 0 Å². The molecule has 0 fully saturated rings. The van der Waals surface area contributed by atoms with Gasteiger partial charge in [0.05, 0.1) is 5.69 Å². The van der Waals surface area contributed by atoms with E-state index in [1.54, 1.807) is 18.6 Å². The number of hydrogen-bond acceptors (Lipinski definition) is 4. The van der Waals surface area contributed by atoms with Gasteiger partial charge in [-0.3, -0.25) is 4.98 Å². The van der Waals surface area contributed by atoms with Crippen LogP contribution < -0.4 is 10.6 Å². The van der Waals surface area contributed by atoms with Crippen molar-refractivity contribution in [2.45, 2.75) is 13.5 Å². The van der Waals surface area contributed by atoms with Gasteiger partial charge < -0.3 is 10.6 Å². The SMILES string of the molecule is Cc1ccnc(N(C)Cc2ccncc2)c1N. The fourth-order valence-corrected chi connectivity index (χ4v) is 1.70. The number of aromatic nitrogens is 2. The van der Waals surface area contributed by atoms with Gasteiger partial charge >= 0.3 is 0 Å². The van der Waals surface area contributed by atoms with E-state index in [1.165, 1.54) is 5.56 Å². The zero-order valence-corrected chi connectivity index (χ0v) is 10.1.